The number of unbranched alkanes of at least 4 members (excludes halogenated alkanes) is 3. The van der Waals surface area contributed by atoms with Crippen LogP contribution in [0.5, 0.6) is 0 Å². The van der Waals surface area contributed by atoms with Crippen LogP contribution in [-0.4, -0.2) is 48.8 Å². The Morgan fingerprint density at radius 2 is 1.65 bits per heavy atom. The average molecular weight is 287 g/mol. The predicted octanol–water partition coefficient (Wildman–Crippen LogP) is 3.41. The van der Waals surface area contributed by atoms with Crippen LogP contribution >= 0.6 is 0 Å². The molecule has 0 amide bonds. The molecule has 0 heterocycles. The number of carboxylic acid groups (broad SMARTS) is 1. The lowest BCUT2D eigenvalue weighted by Gasteiger charge is -2.24. The minimum absolute atomic E-state index is 0.294. The molecule has 1 unspecified atom stereocenters. The van der Waals surface area contributed by atoms with Crippen LogP contribution in [0.3, 0.4) is 0 Å². The van der Waals surface area contributed by atoms with Gasteiger partial charge in [-0.15, -0.1) is 0 Å². The zero-order chi connectivity index (χ0) is 15.2. The van der Waals surface area contributed by atoms with Crippen molar-refractivity contribution < 1.29 is 14.6 Å². The van der Waals surface area contributed by atoms with Gasteiger partial charge in [0.05, 0.1) is 5.92 Å². The molecule has 1 atom stereocenters. The Balaban J connectivity index is 3.88. The summed E-state index contributed by atoms with van der Waals surface area (Å²) in [5.74, 6) is -0.998. The molecule has 120 valence electrons. The zero-order valence-corrected chi connectivity index (χ0v) is 13.6. The number of carboxylic acids is 1. The fourth-order valence-electron chi connectivity index (χ4n) is 2.08. The Morgan fingerprint density at radius 1 is 1.05 bits per heavy atom. The molecular weight excluding hydrogens is 254 g/mol. The van der Waals surface area contributed by atoms with E-state index in [4.69, 9.17) is 9.84 Å². The Labute approximate surface area is 124 Å². The maximum absolute atomic E-state index is 11.0. The smallest absolute Gasteiger partial charge is 0.307 e. The highest BCUT2D eigenvalue weighted by atomic mass is 16.5. The van der Waals surface area contributed by atoms with E-state index in [-0.39, 0.29) is 5.92 Å². The molecule has 0 aromatic rings. The Bertz CT molecular complexity index is 234. The zero-order valence-electron chi connectivity index (χ0n) is 13.6. The summed E-state index contributed by atoms with van der Waals surface area (Å²) in [6.45, 7) is 10.3. The molecule has 0 rings (SSSR count). The first-order valence-electron chi connectivity index (χ1n) is 8.14. The van der Waals surface area contributed by atoms with Crippen LogP contribution in [0.1, 0.15) is 59.3 Å². The molecule has 4 nitrogen and oxygen atoms in total. The second-order valence-electron chi connectivity index (χ2n) is 5.57. The number of rotatable bonds is 14. The highest BCUT2D eigenvalue weighted by Gasteiger charge is 2.15. The molecule has 20 heavy (non-hydrogen) atoms. The third kappa shape index (κ3) is 11.2. The van der Waals surface area contributed by atoms with E-state index in [2.05, 4.69) is 18.7 Å². The normalized spacial score (nSPS) is 12.8. The summed E-state index contributed by atoms with van der Waals surface area (Å²) in [6.07, 6.45) is 6.84. The topological polar surface area (TPSA) is 49.8 Å². The number of hydrogen-bond donors (Lipinski definition) is 1. The van der Waals surface area contributed by atoms with Crippen molar-refractivity contribution in [3.63, 3.8) is 0 Å². The molecule has 0 saturated heterocycles. The minimum Gasteiger partial charge on any atom is -0.481 e. The first kappa shape index (κ1) is 19.4. The molecule has 0 radical (unpaired) electrons. The molecule has 0 aliphatic carbocycles. The van der Waals surface area contributed by atoms with Crippen molar-refractivity contribution in [2.75, 3.05) is 32.8 Å². The highest BCUT2D eigenvalue weighted by molar-refractivity contribution is 5.69. The molecule has 0 bridgehead atoms. The maximum Gasteiger partial charge on any atom is 0.307 e. The van der Waals surface area contributed by atoms with E-state index in [1.54, 1.807) is 6.92 Å². The largest absolute Gasteiger partial charge is 0.481 e. The van der Waals surface area contributed by atoms with Gasteiger partial charge in [0.2, 0.25) is 0 Å². The van der Waals surface area contributed by atoms with E-state index in [1.807, 2.05) is 0 Å². The quantitative estimate of drug-likeness (QED) is 0.497. The summed E-state index contributed by atoms with van der Waals surface area (Å²) in [5, 5.41) is 9.02. The third-order valence-corrected chi connectivity index (χ3v) is 3.44. The fraction of sp³-hybridized carbons (Fsp3) is 0.938. The number of ether oxygens (including phenoxy) is 1. The molecular formula is C16H33NO3. The fourth-order valence-corrected chi connectivity index (χ4v) is 2.08. The number of nitrogens with zero attached hydrogens (tertiary/aromatic N) is 1. The minimum atomic E-state index is -0.704. The van der Waals surface area contributed by atoms with E-state index in [9.17, 15) is 4.79 Å². The second-order valence-corrected chi connectivity index (χ2v) is 5.57. The molecule has 0 spiro atoms. The molecule has 0 aromatic heterocycles. The number of aliphatic carboxylic acids is 1. The van der Waals surface area contributed by atoms with Crippen molar-refractivity contribution in [3.8, 4) is 0 Å². The first-order valence-corrected chi connectivity index (χ1v) is 8.14. The summed E-state index contributed by atoms with van der Waals surface area (Å²) >= 11 is 0. The lowest BCUT2D eigenvalue weighted by molar-refractivity contribution is -0.141. The predicted molar refractivity (Wildman–Crippen MR) is 83.1 cm³/mol. The first-order chi connectivity index (χ1) is 9.61. The van der Waals surface area contributed by atoms with E-state index >= 15 is 0 Å². The van der Waals surface area contributed by atoms with Crippen LogP contribution < -0.4 is 0 Å². The van der Waals surface area contributed by atoms with Crippen LogP contribution in [-0.2, 0) is 9.53 Å². The SMILES string of the molecule is CCCCCN(CCCOCCCC)CC(C)C(=O)O. The molecule has 0 aliphatic heterocycles. The van der Waals surface area contributed by atoms with Gasteiger partial charge in [0.25, 0.3) is 0 Å². The summed E-state index contributed by atoms with van der Waals surface area (Å²) < 4.78 is 5.56. The van der Waals surface area contributed by atoms with E-state index < -0.39 is 5.97 Å². The van der Waals surface area contributed by atoms with E-state index in [0.717, 1.165) is 45.6 Å². The van der Waals surface area contributed by atoms with Crippen molar-refractivity contribution >= 4 is 5.97 Å². The summed E-state index contributed by atoms with van der Waals surface area (Å²) in [4.78, 5) is 13.2. The van der Waals surface area contributed by atoms with Crippen LogP contribution in [0.4, 0.5) is 0 Å². The molecule has 0 aromatic carbocycles. The van der Waals surface area contributed by atoms with Gasteiger partial charge in [-0.25, -0.2) is 0 Å². The van der Waals surface area contributed by atoms with Gasteiger partial charge >= 0.3 is 5.97 Å². The van der Waals surface area contributed by atoms with Crippen molar-refractivity contribution in [1.29, 1.82) is 0 Å². The van der Waals surface area contributed by atoms with E-state index in [0.29, 0.717) is 6.54 Å². The summed E-state index contributed by atoms with van der Waals surface area (Å²) in [6, 6.07) is 0. The van der Waals surface area contributed by atoms with Gasteiger partial charge < -0.3 is 14.7 Å². The van der Waals surface area contributed by atoms with Crippen molar-refractivity contribution in [1.82, 2.24) is 4.90 Å². The van der Waals surface area contributed by atoms with Crippen molar-refractivity contribution in [2.45, 2.75) is 59.3 Å². The molecule has 4 heteroatoms. The van der Waals surface area contributed by atoms with Crippen molar-refractivity contribution in [2.24, 2.45) is 5.92 Å². The second kappa shape index (κ2) is 13.4. The average Bonchev–Trinajstić information content (AvgIpc) is 2.42. The van der Waals surface area contributed by atoms with Crippen LogP contribution in [0.2, 0.25) is 0 Å². The van der Waals surface area contributed by atoms with Gasteiger partial charge in [-0.2, -0.15) is 0 Å². The summed E-state index contributed by atoms with van der Waals surface area (Å²) in [5.41, 5.74) is 0. The van der Waals surface area contributed by atoms with Crippen molar-refractivity contribution in [3.05, 3.63) is 0 Å². The number of hydrogen-bond acceptors (Lipinski definition) is 3. The van der Waals surface area contributed by atoms with Gasteiger partial charge in [-0.1, -0.05) is 40.0 Å². The highest BCUT2D eigenvalue weighted by Crippen LogP contribution is 2.05. The van der Waals surface area contributed by atoms with Gasteiger partial charge in [0.1, 0.15) is 0 Å². The van der Waals surface area contributed by atoms with Gasteiger partial charge in [-0.3, -0.25) is 4.79 Å². The third-order valence-electron chi connectivity index (χ3n) is 3.44. The Morgan fingerprint density at radius 3 is 2.25 bits per heavy atom. The lowest BCUT2D eigenvalue weighted by Crippen LogP contribution is -2.34. The molecule has 1 N–H and O–H groups in total. The Hall–Kier alpha value is -0.610. The van der Waals surface area contributed by atoms with Gasteiger partial charge in [0, 0.05) is 26.3 Å². The Kier molecular flexibility index (Phi) is 13.0. The van der Waals surface area contributed by atoms with Gasteiger partial charge in [-0.05, 0) is 25.8 Å². The van der Waals surface area contributed by atoms with Gasteiger partial charge in [0.15, 0.2) is 0 Å². The lowest BCUT2D eigenvalue weighted by atomic mass is 10.1. The maximum atomic E-state index is 11.0. The molecule has 0 fully saturated rings. The molecule has 0 aliphatic rings. The van der Waals surface area contributed by atoms with Crippen LogP contribution in [0.25, 0.3) is 0 Å². The summed E-state index contributed by atoms with van der Waals surface area (Å²) in [7, 11) is 0. The van der Waals surface area contributed by atoms with E-state index in [1.165, 1.54) is 19.3 Å². The number of carbonyl (C=O) groups is 1. The van der Waals surface area contributed by atoms with Crippen LogP contribution in [0.15, 0.2) is 0 Å². The van der Waals surface area contributed by atoms with Crippen LogP contribution in [0, 0.1) is 5.92 Å². The molecule has 0 saturated carbocycles. The standard InChI is InChI=1S/C16H33NO3/c1-4-6-8-10-17(14-15(3)16(18)19)11-9-13-20-12-7-5-2/h15H,4-14H2,1-3H3,(H,18,19). The monoisotopic (exact) mass is 287 g/mol.